The van der Waals surface area contributed by atoms with Crippen LogP contribution in [0.25, 0.3) is 0 Å². The number of rotatable bonds is 16. The number of sulfonamides is 1. The van der Waals surface area contributed by atoms with Crippen LogP contribution in [0, 0.1) is 11.7 Å². The van der Waals surface area contributed by atoms with Gasteiger partial charge in [0.25, 0.3) is 21.8 Å². The Hall–Kier alpha value is -4.66. The predicted molar refractivity (Wildman–Crippen MR) is 182 cm³/mol. The maximum absolute atomic E-state index is 13.8. The van der Waals surface area contributed by atoms with Crippen molar-refractivity contribution in [1.29, 1.82) is 0 Å². The lowest BCUT2D eigenvalue weighted by Gasteiger charge is -2.23. The van der Waals surface area contributed by atoms with E-state index in [1.165, 1.54) is 36.6 Å². The molecule has 1 saturated carbocycles. The maximum atomic E-state index is 13.8. The molecule has 1 atom stereocenters. The number of carbonyl (C=O) groups excluding carboxylic acids is 3. The molecular formula is C34H37FN6O5S2. The fraction of sp³-hybridized carbons (Fsp3) is 0.294. The number of carbonyl (C=O) groups is 3. The molecule has 0 bridgehead atoms. The zero-order chi connectivity index (χ0) is 34.1. The van der Waals surface area contributed by atoms with Gasteiger partial charge in [0.2, 0.25) is 5.91 Å². The highest BCUT2D eigenvalue weighted by Crippen LogP contribution is 2.27. The zero-order valence-corrected chi connectivity index (χ0v) is 28.0. The molecule has 0 aliphatic heterocycles. The van der Waals surface area contributed by atoms with Gasteiger partial charge in [0.05, 0.1) is 34.9 Å². The minimum absolute atomic E-state index is 0.0488. The molecule has 14 heteroatoms. The second-order valence-electron chi connectivity index (χ2n) is 11.6. The van der Waals surface area contributed by atoms with Crippen molar-refractivity contribution < 1.29 is 27.2 Å². The van der Waals surface area contributed by atoms with E-state index in [4.69, 9.17) is 0 Å². The average molecular weight is 693 g/mol. The average Bonchev–Trinajstić information content (AvgIpc) is 3.77. The van der Waals surface area contributed by atoms with E-state index < -0.39 is 33.7 Å². The van der Waals surface area contributed by atoms with Gasteiger partial charge in [0.15, 0.2) is 0 Å². The molecule has 5 rings (SSSR count). The van der Waals surface area contributed by atoms with Gasteiger partial charge in [-0.2, -0.15) is 0 Å². The lowest BCUT2D eigenvalue weighted by molar-refractivity contribution is -0.120. The van der Waals surface area contributed by atoms with Crippen LogP contribution in [0.5, 0.6) is 0 Å². The third-order valence-corrected chi connectivity index (χ3v) is 10.2. The molecule has 4 N–H and O–H groups in total. The van der Waals surface area contributed by atoms with Crippen LogP contribution in [0.1, 0.15) is 44.8 Å². The lowest BCUT2D eigenvalue weighted by atomic mass is 10.0. The minimum Gasteiger partial charge on any atom is -0.355 e. The summed E-state index contributed by atoms with van der Waals surface area (Å²) in [6, 6.07) is 17.6. The molecule has 252 valence electrons. The van der Waals surface area contributed by atoms with Crippen molar-refractivity contribution >= 4 is 44.8 Å². The van der Waals surface area contributed by atoms with E-state index in [-0.39, 0.29) is 47.3 Å². The Morgan fingerprint density at radius 2 is 1.69 bits per heavy atom. The summed E-state index contributed by atoms with van der Waals surface area (Å²) < 4.78 is 41.5. The van der Waals surface area contributed by atoms with Gasteiger partial charge in [0, 0.05) is 42.7 Å². The number of amides is 3. The SMILES string of the molecule is CN(c1cc(C(=O)NCc2cscn2)cc(C(=O)N[C@H](CNCC(=O)NCC2CC2)Cc2ccccc2)c1)S(=O)(=O)c1ccc(F)cc1. The van der Waals surface area contributed by atoms with E-state index in [1.807, 2.05) is 30.3 Å². The van der Waals surface area contributed by atoms with Gasteiger partial charge in [-0.05, 0) is 73.2 Å². The van der Waals surface area contributed by atoms with Crippen molar-refractivity contribution in [2.75, 3.05) is 31.0 Å². The van der Waals surface area contributed by atoms with Gasteiger partial charge in [-0.1, -0.05) is 30.3 Å². The van der Waals surface area contributed by atoms with Crippen LogP contribution in [0.4, 0.5) is 10.1 Å². The lowest BCUT2D eigenvalue weighted by Crippen LogP contribution is -2.46. The molecule has 0 radical (unpaired) electrons. The highest BCUT2D eigenvalue weighted by molar-refractivity contribution is 7.92. The number of anilines is 1. The highest BCUT2D eigenvalue weighted by atomic mass is 32.2. The second kappa shape index (κ2) is 16.0. The zero-order valence-electron chi connectivity index (χ0n) is 26.3. The van der Waals surface area contributed by atoms with Crippen molar-refractivity contribution in [3.05, 3.63) is 112 Å². The fourth-order valence-corrected chi connectivity index (χ4v) is 6.64. The summed E-state index contributed by atoms with van der Waals surface area (Å²) in [7, 11) is -2.89. The molecular weight excluding hydrogens is 656 g/mol. The van der Waals surface area contributed by atoms with Gasteiger partial charge in [-0.3, -0.25) is 18.7 Å². The Labute approximate surface area is 283 Å². The standard InChI is InChI=1S/C34H37FN6O5S2/c1-41(48(45,46)31-11-9-27(35)10-12-31)30-15-25(33(43)38-19-29-21-47-22-39-29)14-26(16-30)34(44)40-28(13-23-5-3-2-4-6-23)18-36-20-32(42)37-17-24-7-8-24/h2-6,9-12,14-16,21-22,24,28,36H,7-8,13,17-20H2,1H3,(H,37,42)(H,38,43)(H,40,44)/t28-/m0/s1. The largest absolute Gasteiger partial charge is 0.355 e. The van der Waals surface area contributed by atoms with Crippen LogP contribution in [-0.2, 0) is 27.8 Å². The Kier molecular flexibility index (Phi) is 11.5. The number of thiazole rings is 1. The first kappa shape index (κ1) is 34.7. The predicted octanol–water partition coefficient (Wildman–Crippen LogP) is 3.49. The first-order valence-electron chi connectivity index (χ1n) is 15.5. The topological polar surface area (TPSA) is 150 Å². The van der Waals surface area contributed by atoms with Gasteiger partial charge in [0.1, 0.15) is 5.82 Å². The second-order valence-corrected chi connectivity index (χ2v) is 14.3. The van der Waals surface area contributed by atoms with Crippen molar-refractivity contribution in [2.45, 2.75) is 36.7 Å². The Balaban J connectivity index is 1.38. The maximum Gasteiger partial charge on any atom is 0.264 e. The number of nitrogens with zero attached hydrogens (tertiary/aromatic N) is 2. The third kappa shape index (κ3) is 9.69. The number of hydrogen-bond acceptors (Lipinski definition) is 8. The van der Waals surface area contributed by atoms with Crippen molar-refractivity contribution in [2.24, 2.45) is 5.92 Å². The first-order valence-corrected chi connectivity index (χ1v) is 17.8. The quantitative estimate of drug-likeness (QED) is 0.141. The van der Waals surface area contributed by atoms with E-state index >= 15 is 0 Å². The third-order valence-electron chi connectivity index (χ3n) is 7.81. The molecule has 11 nitrogen and oxygen atoms in total. The van der Waals surface area contributed by atoms with Crippen LogP contribution in [0.15, 0.2) is 88.6 Å². The molecule has 1 fully saturated rings. The number of benzene rings is 3. The van der Waals surface area contributed by atoms with Gasteiger partial charge in [-0.15, -0.1) is 11.3 Å². The Bertz CT molecular complexity index is 1820. The molecule has 1 heterocycles. The van der Waals surface area contributed by atoms with E-state index in [1.54, 1.807) is 10.9 Å². The van der Waals surface area contributed by atoms with Gasteiger partial charge < -0.3 is 21.3 Å². The molecule has 1 aliphatic rings. The summed E-state index contributed by atoms with van der Waals surface area (Å²) >= 11 is 1.38. The molecule has 0 saturated heterocycles. The van der Waals surface area contributed by atoms with E-state index in [0.29, 0.717) is 24.6 Å². The Morgan fingerprint density at radius 1 is 0.979 bits per heavy atom. The van der Waals surface area contributed by atoms with Crippen LogP contribution < -0.4 is 25.6 Å². The molecule has 0 unspecified atom stereocenters. The molecule has 1 aromatic heterocycles. The smallest absolute Gasteiger partial charge is 0.264 e. The normalized spacial score (nSPS) is 13.4. The molecule has 1 aliphatic carbocycles. The van der Waals surface area contributed by atoms with Gasteiger partial charge >= 0.3 is 0 Å². The van der Waals surface area contributed by atoms with E-state index in [9.17, 15) is 27.2 Å². The summed E-state index contributed by atoms with van der Waals surface area (Å²) in [6.07, 6.45) is 2.70. The number of nitrogens with one attached hydrogen (secondary N) is 4. The fourth-order valence-electron chi connectivity index (χ4n) is 4.90. The van der Waals surface area contributed by atoms with E-state index in [2.05, 4.69) is 26.3 Å². The van der Waals surface area contributed by atoms with Crippen LogP contribution in [0.3, 0.4) is 0 Å². The molecule has 0 spiro atoms. The molecule has 3 amide bonds. The van der Waals surface area contributed by atoms with Crippen molar-refractivity contribution in [1.82, 2.24) is 26.3 Å². The van der Waals surface area contributed by atoms with Crippen molar-refractivity contribution in [3.8, 4) is 0 Å². The number of aromatic nitrogens is 1. The van der Waals surface area contributed by atoms with Crippen LogP contribution in [-0.4, -0.2) is 63.8 Å². The van der Waals surface area contributed by atoms with Gasteiger partial charge in [-0.25, -0.2) is 17.8 Å². The summed E-state index contributed by atoms with van der Waals surface area (Å²) in [4.78, 5) is 43.4. The van der Waals surface area contributed by atoms with E-state index in [0.717, 1.165) is 47.0 Å². The molecule has 3 aromatic carbocycles. The summed E-state index contributed by atoms with van der Waals surface area (Å²) in [5, 5.41) is 13.6. The molecule has 4 aromatic rings. The van der Waals surface area contributed by atoms with Crippen molar-refractivity contribution in [3.63, 3.8) is 0 Å². The summed E-state index contributed by atoms with van der Waals surface area (Å²) in [5.41, 5.74) is 3.41. The highest BCUT2D eigenvalue weighted by Gasteiger charge is 2.25. The number of hydrogen-bond donors (Lipinski definition) is 4. The Morgan fingerprint density at radius 3 is 2.35 bits per heavy atom. The first-order chi connectivity index (χ1) is 23.1. The van der Waals surface area contributed by atoms with Crippen LogP contribution >= 0.6 is 11.3 Å². The number of halogens is 1. The summed E-state index contributed by atoms with van der Waals surface area (Å²) in [6.45, 7) is 1.15. The summed E-state index contributed by atoms with van der Waals surface area (Å²) in [5.74, 6) is -1.24. The molecule has 48 heavy (non-hydrogen) atoms. The minimum atomic E-state index is -4.19. The van der Waals surface area contributed by atoms with Crippen LogP contribution in [0.2, 0.25) is 0 Å². The monoisotopic (exact) mass is 692 g/mol.